The van der Waals surface area contributed by atoms with Crippen LogP contribution in [-0.4, -0.2) is 84.9 Å². The smallest absolute Gasteiger partial charge is 0.432 e. The van der Waals surface area contributed by atoms with Crippen LogP contribution >= 0.6 is 0 Å². The number of alkyl halides is 16. The predicted molar refractivity (Wildman–Crippen MR) is 205 cm³/mol. The van der Waals surface area contributed by atoms with Gasteiger partial charge < -0.3 is 9.47 Å². The van der Waals surface area contributed by atoms with E-state index in [-0.39, 0.29) is 5.32 Å². The topological polar surface area (TPSA) is 157 Å². The molecule has 0 radical (unpaired) electrons. The van der Waals surface area contributed by atoms with Crippen LogP contribution in [0, 0.1) is 46.5 Å². The number of halogens is 24. The van der Waals surface area contributed by atoms with Crippen molar-refractivity contribution in [1.29, 1.82) is 0 Å². The Morgan fingerprint density at radius 3 is 1.07 bits per heavy atom. The molecule has 38 heteroatoms. The van der Waals surface area contributed by atoms with Crippen molar-refractivity contribution in [2.75, 3.05) is 18.9 Å². The van der Waals surface area contributed by atoms with Crippen molar-refractivity contribution in [3.8, 4) is 28.4 Å². The maximum absolute atomic E-state index is 15.3. The van der Waals surface area contributed by atoms with Gasteiger partial charge in [0.15, 0.2) is 34.9 Å². The molecule has 0 fully saturated rings. The summed E-state index contributed by atoms with van der Waals surface area (Å²) in [7, 11) is -25.9. The van der Waals surface area contributed by atoms with Crippen LogP contribution in [0.5, 0.6) is 17.2 Å². The lowest BCUT2D eigenvalue weighted by atomic mass is 9.78. The third kappa shape index (κ3) is 9.36. The van der Waals surface area contributed by atoms with Crippen LogP contribution in [0.25, 0.3) is 11.1 Å². The summed E-state index contributed by atoms with van der Waals surface area (Å²) in [4.78, 5) is 0. The minimum Gasteiger partial charge on any atom is -0.497 e. The summed E-state index contributed by atoms with van der Waals surface area (Å²) >= 11 is 0. The van der Waals surface area contributed by atoms with Crippen molar-refractivity contribution in [3.05, 3.63) is 106 Å². The largest absolute Gasteiger partial charge is 0.497 e. The molecule has 0 aliphatic heterocycles. The maximum Gasteiger partial charge on any atom is 0.432 e. The molecule has 4 aromatic rings. The Balaban J connectivity index is 1.73. The van der Waals surface area contributed by atoms with Crippen molar-refractivity contribution < 1.29 is 140 Å². The summed E-state index contributed by atoms with van der Waals surface area (Å²) in [5.74, 6) is -62.6. The molecule has 0 unspecified atom stereocenters. The third-order valence-corrected chi connectivity index (χ3v) is 15.4. The zero-order valence-electron chi connectivity index (χ0n) is 36.2. The second-order valence-corrected chi connectivity index (χ2v) is 20.7. The van der Waals surface area contributed by atoms with Gasteiger partial charge in [-0.15, -0.1) is 0 Å². The van der Waals surface area contributed by atoms with Gasteiger partial charge in [0, 0.05) is 5.41 Å². The minimum atomic E-state index is -9.21. The summed E-state index contributed by atoms with van der Waals surface area (Å²) in [5, 5.41) is -25.5. The van der Waals surface area contributed by atoms with Gasteiger partial charge in [0.1, 0.15) is 17.2 Å². The Labute approximate surface area is 402 Å². The van der Waals surface area contributed by atoms with Crippen molar-refractivity contribution in [1.82, 2.24) is 9.44 Å². The van der Waals surface area contributed by atoms with E-state index in [0.717, 1.165) is 12.1 Å². The van der Waals surface area contributed by atoms with E-state index in [2.05, 4.69) is 0 Å². The Morgan fingerprint density at radius 1 is 0.427 bits per heavy atom. The molecule has 75 heavy (non-hydrogen) atoms. The van der Waals surface area contributed by atoms with Crippen molar-refractivity contribution in [2.45, 2.75) is 64.8 Å². The predicted octanol–water partition coefficient (Wildman–Crippen LogP) is 10.7. The molecular weight excluding hydrogens is 1170 g/mol. The SMILES string of the molecule is CNC(F)(F)C(F)(F)C(F)(F)C(F)(F)S(=O)(=O)NS(=O)(=O)C(F)(F)C(F)(F)C(F)(F)C(F)(F)S(=O)(=O)Nc1c(F)c(F)c(-c2c(F)c(F)c(Oc3ccc(C(C)(C)c4ccc(OC)cc4)cc3)c(F)c2F)c(F)c1F. The molecule has 3 N–H and O–H groups in total. The number of ether oxygens (including phenoxy) is 2. The first-order valence-electron chi connectivity index (χ1n) is 18.7. The fraction of sp³-hybridized carbons (Fsp3) is 0.351. The van der Waals surface area contributed by atoms with Crippen LogP contribution in [0.3, 0.4) is 0 Å². The lowest BCUT2D eigenvalue weighted by Gasteiger charge is -2.37. The number of rotatable bonds is 20. The first-order valence-corrected chi connectivity index (χ1v) is 23.1. The van der Waals surface area contributed by atoms with Crippen LogP contribution < -0.4 is 23.6 Å². The summed E-state index contributed by atoms with van der Waals surface area (Å²) in [6.45, 7) is 3.38. The highest BCUT2D eigenvalue weighted by atomic mass is 32.3. The van der Waals surface area contributed by atoms with E-state index in [4.69, 9.17) is 9.47 Å². The zero-order chi connectivity index (χ0) is 58.4. The highest BCUT2D eigenvalue weighted by molar-refractivity contribution is 8.05. The Hall–Kier alpha value is -5.63. The van der Waals surface area contributed by atoms with Gasteiger partial charge in [-0.1, -0.05) is 42.2 Å². The first-order chi connectivity index (χ1) is 33.5. The number of hydrogen-bond acceptors (Lipinski definition) is 9. The van der Waals surface area contributed by atoms with E-state index in [9.17, 15) is 95.5 Å². The van der Waals surface area contributed by atoms with Gasteiger partial charge in [-0.05, 0) is 42.4 Å². The van der Waals surface area contributed by atoms with E-state index in [1.165, 1.54) is 19.2 Å². The summed E-state index contributed by atoms with van der Waals surface area (Å²) in [5.41, 5.74) is -9.17. The first kappa shape index (κ1) is 61.9. The summed E-state index contributed by atoms with van der Waals surface area (Å²) in [6.07, 6.45) is 0. The Morgan fingerprint density at radius 2 is 0.733 bits per heavy atom. The van der Waals surface area contributed by atoms with Crippen molar-refractivity contribution in [3.63, 3.8) is 0 Å². The van der Waals surface area contributed by atoms with Crippen molar-refractivity contribution >= 4 is 35.8 Å². The number of sulfonamides is 3. The lowest BCUT2D eigenvalue weighted by molar-refractivity contribution is -0.353. The van der Waals surface area contributed by atoms with Crippen LogP contribution in [0.4, 0.5) is 111 Å². The van der Waals surface area contributed by atoms with Crippen LogP contribution in [0.15, 0.2) is 48.5 Å². The van der Waals surface area contributed by atoms with Gasteiger partial charge in [0.2, 0.25) is 17.4 Å². The average Bonchev–Trinajstić information content (AvgIpc) is 3.30. The van der Waals surface area contributed by atoms with E-state index >= 15 is 35.1 Å². The van der Waals surface area contributed by atoms with Crippen LogP contribution in [0.2, 0.25) is 0 Å². The maximum atomic E-state index is 15.3. The Bertz CT molecular complexity index is 3180. The summed E-state index contributed by atoms with van der Waals surface area (Å²) in [6, 6.07) is 4.22. The number of nitrogens with one attached hydrogen (secondary N) is 3. The number of methoxy groups -OCH3 is 1. The fourth-order valence-electron chi connectivity index (χ4n) is 5.95. The number of hydrogen-bond donors (Lipinski definition) is 3. The van der Waals surface area contributed by atoms with Crippen molar-refractivity contribution in [2.24, 2.45) is 0 Å². The molecule has 420 valence electrons. The van der Waals surface area contributed by atoms with Gasteiger partial charge in [-0.2, -0.15) is 87.4 Å². The normalized spacial score (nSPS) is 14.3. The molecule has 11 nitrogen and oxygen atoms in total. The molecule has 0 aliphatic carbocycles. The quantitative estimate of drug-likeness (QED) is 0.0445. The third-order valence-electron chi connectivity index (χ3n) is 10.4. The average molecular weight is 1190 g/mol. The Kier molecular flexibility index (Phi) is 15.8. The van der Waals surface area contributed by atoms with E-state index in [0.29, 0.717) is 16.9 Å². The monoisotopic (exact) mass is 1190 g/mol. The van der Waals surface area contributed by atoms with Gasteiger partial charge in [-0.3, -0.25) is 10.0 Å². The minimum absolute atomic E-state index is 0.0879. The molecule has 0 saturated carbocycles. The molecule has 0 aromatic heterocycles. The molecule has 0 amide bonds. The van der Waals surface area contributed by atoms with Crippen LogP contribution in [-0.2, 0) is 35.5 Å². The fourth-order valence-corrected chi connectivity index (χ4v) is 9.92. The van der Waals surface area contributed by atoms with Gasteiger partial charge in [-0.25, -0.2) is 43.2 Å². The molecule has 4 rings (SSSR count). The molecule has 0 atom stereocenters. The molecule has 0 saturated heterocycles. The lowest BCUT2D eigenvalue weighted by Crippen LogP contribution is -2.71. The van der Waals surface area contributed by atoms with E-state index in [1.807, 2.05) is 0 Å². The van der Waals surface area contributed by atoms with Crippen LogP contribution in [0.1, 0.15) is 25.0 Å². The van der Waals surface area contributed by atoms with E-state index < -0.39 is 172 Å². The standard InChI is InChI=1S/C37H23F24N3O8S3/c1-29(2,13-5-9-15(71-4)10-6-13)14-7-11-16(12-8-14)72-28-25(44)21(40)18(22(41)26(28)45)17-19(38)23(42)27(24(43)20(17)39)63-73(65,66)35(56,57)32(50,51)33(52,53)37(60,61)75(69,70)64-74(67,68)36(58,59)31(48,49)30(46,47)34(54,55)62-3/h5-12,62-64H,1-4H3. The number of benzene rings is 4. The molecular formula is C37H23F24N3O8S3. The second-order valence-electron chi connectivity index (χ2n) is 15.3. The van der Waals surface area contributed by atoms with E-state index in [1.54, 1.807) is 38.1 Å². The highest BCUT2D eigenvalue weighted by Crippen LogP contribution is 2.58. The van der Waals surface area contributed by atoms with Gasteiger partial charge >= 0.3 is 55.5 Å². The molecule has 4 aromatic carbocycles. The number of anilines is 1. The highest BCUT2D eigenvalue weighted by Gasteiger charge is 2.89. The molecule has 0 spiro atoms. The molecule has 0 bridgehead atoms. The zero-order valence-corrected chi connectivity index (χ0v) is 38.6. The molecule has 0 heterocycles. The van der Waals surface area contributed by atoms with Gasteiger partial charge in [0.05, 0.1) is 18.2 Å². The summed E-state index contributed by atoms with van der Waals surface area (Å²) < 4.78 is 429. The van der Waals surface area contributed by atoms with Gasteiger partial charge in [0.25, 0.3) is 20.0 Å². The molecule has 0 aliphatic rings. The second kappa shape index (κ2) is 19.1.